The molecule has 5 nitrogen and oxygen atoms in total. The third-order valence-corrected chi connectivity index (χ3v) is 5.34. The first kappa shape index (κ1) is 30.0. The summed E-state index contributed by atoms with van der Waals surface area (Å²) >= 11 is 4.15. The van der Waals surface area contributed by atoms with Gasteiger partial charge in [0, 0.05) is 34.5 Å². The molecule has 6 heteroatoms. The number of benzene rings is 1. The Morgan fingerprint density at radius 2 is 1.49 bits per heavy atom. The molecule has 0 saturated carbocycles. The van der Waals surface area contributed by atoms with Gasteiger partial charge in [0.25, 0.3) is 0 Å². The number of fused-ring (bicyclic) bond motifs is 1. The number of thiol groups is 1. The lowest BCUT2D eigenvalue weighted by Crippen LogP contribution is -1.96. The molecule has 1 aromatic heterocycles. The number of nitrogen functional groups attached to an aromatic ring is 1. The molecule has 0 aliphatic carbocycles. The van der Waals surface area contributed by atoms with Gasteiger partial charge in [0.05, 0.1) is 0 Å². The summed E-state index contributed by atoms with van der Waals surface area (Å²) in [5, 5.41) is 9.28. The van der Waals surface area contributed by atoms with Crippen LogP contribution >= 0.6 is 12.6 Å². The maximum atomic E-state index is 11.0. The van der Waals surface area contributed by atoms with Gasteiger partial charge in [-0.25, -0.2) is 4.79 Å². The van der Waals surface area contributed by atoms with Gasteiger partial charge in [0.1, 0.15) is 5.58 Å². The zero-order valence-corrected chi connectivity index (χ0v) is 21.6. The van der Waals surface area contributed by atoms with Crippen LogP contribution in [0.3, 0.4) is 0 Å². The quantitative estimate of drug-likeness (QED) is 0.0811. The number of carbonyl (C=O) groups is 1. The summed E-state index contributed by atoms with van der Waals surface area (Å²) in [5.74, 6) is -0.712. The molecule has 0 saturated heterocycles. The van der Waals surface area contributed by atoms with E-state index in [0.717, 1.165) is 37.5 Å². The number of carboxylic acid groups (broad SMARTS) is 1. The maximum Gasteiger partial charge on any atom is 0.337 e. The molecule has 2 aromatic rings. The molecule has 0 bridgehead atoms. The Hall–Kier alpha value is -2.99. The first-order chi connectivity index (χ1) is 16.9. The molecular weight excluding hydrogens is 458 g/mol. The molecule has 0 fully saturated rings. The molecule has 0 aliphatic rings. The van der Waals surface area contributed by atoms with Gasteiger partial charge in [-0.2, -0.15) is 0 Å². The first-order valence-corrected chi connectivity index (χ1v) is 12.7. The Labute approximate surface area is 214 Å². The van der Waals surface area contributed by atoms with Crippen molar-refractivity contribution in [2.24, 2.45) is 0 Å². The summed E-state index contributed by atoms with van der Waals surface area (Å²) in [5.41, 5.74) is 6.16. The number of rotatable bonds is 14. The van der Waals surface area contributed by atoms with Crippen LogP contribution in [0.2, 0.25) is 0 Å². The first-order valence-electron chi connectivity index (χ1n) is 12.3. The number of hydrogen-bond acceptors (Lipinski definition) is 5. The van der Waals surface area contributed by atoms with E-state index in [2.05, 4.69) is 68.2 Å². The standard InChI is InChI=1S/C20H32O2.C9H7NO2S/c1-2-3-4-5-6-7-8-9-10-11-12-13-14-15-16-17-18-19-20(21)22;10-5-1-2-6-7(3-5)12-9(11)4-8(6)13/h6-7,9-10,12-13,15-16H,2-5,8,11,14,17-19H2,1H3,(H,21,22);1-4,13H,10H2/b7-6-,10-9-,13-12-,16-15-;. The third kappa shape index (κ3) is 15.5. The fourth-order valence-electron chi connectivity index (χ4n) is 3.09. The van der Waals surface area contributed by atoms with E-state index in [4.69, 9.17) is 15.3 Å². The highest BCUT2D eigenvalue weighted by Gasteiger charge is 2.01. The summed E-state index contributed by atoms with van der Waals surface area (Å²) in [6.45, 7) is 2.23. The Kier molecular flexibility index (Phi) is 16.6. The predicted molar refractivity (Wildman–Crippen MR) is 150 cm³/mol. The minimum Gasteiger partial charge on any atom is -0.481 e. The molecular formula is C29H39NO4S. The van der Waals surface area contributed by atoms with E-state index in [1.54, 1.807) is 18.2 Å². The summed E-state index contributed by atoms with van der Waals surface area (Å²) in [6.07, 6.45) is 27.3. The zero-order valence-electron chi connectivity index (χ0n) is 20.7. The molecule has 1 aromatic carbocycles. The van der Waals surface area contributed by atoms with Crippen molar-refractivity contribution < 1.29 is 14.3 Å². The third-order valence-electron chi connectivity index (χ3n) is 4.97. The molecule has 0 atom stereocenters. The number of allylic oxidation sites excluding steroid dienone is 8. The fraction of sp³-hybridized carbons (Fsp3) is 0.379. The highest BCUT2D eigenvalue weighted by molar-refractivity contribution is 7.80. The Bertz CT molecular complexity index is 1050. The van der Waals surface area contributed by atoms with Crippen molar-refractivity contribution in [1.82, 2.24) is 0 Å². The SMILES string of the molecule is CCCCC/C=C\C/C=C\C/C=C\C/C=C\CCCC(=O)O.Nc1ccc2c(S)cc(=O)oc2c1. The highest BCUT2D eigenvalue weighted by atomic mass is 32.1. The topological polar surface area (TPSA) is 93.5 Å². The Balaban J connectivity index is 0.000000394. The van der Waals surface area contributed by atoms with Crippen LogP contribution < -0.4 is 11.4 Å². The highest BCUT2D eigenvalue weighted by Crippen LogP contribution is 2.21. The summed E-state index contributed by atoms with van der Waals surface area (Å²) in [7, 11) is 0. The second-order valence-corrected chi connectivity index (χ2v) is 8.56. The van der Waals surface area contributed by atoms with Crippen LogP contribution in [0, 0.1) is 0 Å². The predicted octanol–water partition coefficient (Wildman–Crippen LogP) is 7.88. The summed E-state index contributed by atoms with van der Waals surface area (Å²) in [4.78, 5) is 21.9. The van der Waals surface area contributed by atoms with E-state index in [9.17, 15) is 9.59 Å². The number of hydrogen-bond donors (Lipinski definition) is 3. The molecule has 0 amide bonds. The van der Waals surface area contributed by atoms with E-state index >= 15 is 0 Å². The molecule has 0 spiro atoms. The van der Waals surface area contributed by atoms with Crippen LogP contribution in [-0.4, -0.2) is 11.1 Å². The fourth-order valence-corrected chi connectivity index (χ4v) is 3.38. The maximum absolute atomic E-state index is 11.0. The number of carboxylic acids is 1. The average molecular weight is 498 g/mol. The molecule has 0 radical (unpaired) electrons. The zero-order chi connectivity index (χ0) is 25.7. The van der Waals surface area contributed by atoms with Crippen LogP contribution in [0.25, 0.3) is 11.0 Å². The van der Waals surface area contributed by atoms with Crippen LogP contribution in [0.4, 0.5) is 5.69 Å². The normalized spacial score (nSPS) is 11.7. The lowest BCUT2D eigenvalue weighted by atomic mass is 10.2. The second-order valence-electron chi connectivity index (χ2n) is 8.08. The number of aliphatic carboxylic acids is 1. The molecule has 0 aliphatic heterocycles. The minimum atomic E-state index is -0.712. The van der Waals surface area contributed by atoms with Gasteiger partial charge in [0.2, 0.25) is 0 Å². The second kappa shape index (κ2) is 19.3. The molecule has 2 rings (SSSR count). The van der Waals surface area contributed by atoms with Crippen molar-refractivity contribution in [3.8, 4) is 0 Å². The van der Waals surface area contributed by atoms with E-state index in [-0.39, 0.29) is 6.42 Å². The number of unbranched alkanes of at least 4 members (excludes halogenated alkanes) is 4. The monoisotopic (exact) mass is 497 g/mol. The van der Waals surface area contributed by atoms with E-state index in [1.165, 1.54) is 31.7 Å². The lowest BCUT2D eigenvalue weighted by molar-refractivity contribution is -0.137. The summed E-state index contributed by atoms with van der Waals surface area (Å²) in [6, 6.07) is 6.45. The van der Waals surface area contributed by atoms with Gasteiger partial charge >= 0.3 is 11.6 Å². The van der Waals surface area contributed by atoms with Crippen LogP contribution in [0.1, 0.15) is 71.1 Å². The summed E-state index contributed by atoms with van der Waals surface area (Å²) < 4.78 is 4.94. The van der Waals surface area contributed by atoms with Crippen molar-refractivity contribution in [1.29, 1.82) is 0 Å². The lowest BCUT2D eigenvalue weighted by Gasteiger charge is -1.99. The van der Waals surface area contributed by atoms with Gasteiger partial charge in [-0.15, -0.1) is 12.6 Å². The molecule has 1 heterocycles. The molecule has 3 N–H and O–H groups in total. The minimum absolute atomic E-state index is 0.262. The van der Waals surface area contributed by atoms with Crippen molar-refractivity contribution in [3.05, 3.63) is 83.3 Å². The smallest absolute Gasteiger partial charge is 0.337 e. The van der Waals surface area contributed by atoms with Crippen molar-refractivity contribution in [2.45, 2.75) is 76.0 Å². The van der Waals surface area contributed by atoms with Crippen molar-refractivity contribution >= 4 is 35.3 Å². The van der Waals surface area contributed by atoms with Crippen LogP contribution in [-0.2, 0) is 4.79 Å². The van der Waals surface area contributed by atoms with Crippen LogP contribution in [0.15, 0.2) is 87.0 Å². The van der Waals surface area contributed by atoms with E-state index in [1.807, 2.05) is 0 Å². The Morgan fingerprint density at radius 3 is 2.06 bits per heavy atom. The van der Waals surface area contributed by atoms with Gasteiger partial charge < -0.3 is 15.3 Å². The van der Waals surface area contributed by atoms with E-state index in [0.29, 0.717) is 16.2 Å². The van der Waals surface area contributed by atoms with Crippen molar-refractivity contribution in [2.75, 3.05) is 5.73 Å². The number of nitrogens with two attached hydrogens (primary N) is 1. The van der Waals surface area contributed by atoms with Crippen molar-refractivity contribution in [3.63, 3.8) is 0 Å². The molecule has 35 heavy (non-hydrogen) atoms. The molecule has 0 unspecified atom stereocenters. The van der Waals surface area contributed by atoms with Gasteiger partial charge in [-0.1, -0.05) is 68.4 Å². The number of anilines is 1. The average Bonchev–Trinajstić information content (AvgIpc) is 2.81. The van der Waals surface area contributed by atoms with Crippen LogP contribution in [0.5, 0.6) is 0 Å². The van der Waals surface area contributed by atoms with Gasteiger partial charge in [-0.3, -0.25) is 4.79 Å². The molecule has 190 valence electrons. The van der Waals surface area contributed by atoms with E-state index < -0.39 is 11.6 Å². The van der Waals surface area contributed by atoms with Gasteiger partial charge in [-0.05, 0) is 57.1 Å². The van der Waals surface area contributed by atoms with Gasteiger partial charge in [0.15, 0.2) is 0 Å². The Morgan fingerprint density at radius 1 is 0.914 bits per heavy atom. The largest absolute Gasteiger partial charge is 0.481 e.